The molecule has 1 saturated heterocycles. The molecule has 1 aliphatic heterocycles. The van der Waals surface area contributed by atoms with E-state index in [1.54, 1.807) is 0 Å². The van der Waals surface area contributed by atoms with E-state index >= 15 is 0 Å². The van der Waals surface area contributed by atoms with Gasteiger partial charge in [0.2, 0.25) is 0 Å². The summed E-state index contributed by atoms with van der Waals surface area (Å²) in [5, 5.41) is 3.52. The number of hydrogen-bond acceptors (Lipinski definition) is 3. The van der Waals surface area contributed by atoms with Crippen molar-refractivity contribution in [2.45, 2.75) is 45.4 Å². The Morgan fingerprint density at radius 1 is 1.21 bits per heavy atom. The molecule has 1 aromatic carbocycles. The van der Waals surface area contributed by atoms with Crippen LogP contribution in [0.5, 0.6) is 0 Å². The fourth-order valence-corrected chi connectivity index (χ4v) is 2.03. The average molecular weight is 263 g/mol. The smallest absolute Gasteiger partial charge is 0.105 e. The zero-order chi connectivity index (χ0) is 13.7. The fourth-order valence-electron chi connectivity index (χ4n) is 2.03. The molecule has 1 aromatic rings. The zero-order valence-electron chi connectivity index (χ0n) is 12.2. The average Bonchev–Trinajstić information content (AvgIpc) is 2.27. The first-order valence-corrected chi connectivity index (χ1v) is 7.06. The van der Waals surface area contributed by atoms with Gasteiger partial charge < -0.3 is 14.8 Å². The Kier molecular flexibility index (Phi) is 4.97. The molecule has 0 aromatic heterocycles. The predicted molar refractivity (Wildman–Crippen MR) is 77.3 cm³/mol. The molecule has 0 amide bonds. The van der Waals surface area contributed by atoms with E-state index in [9.17, 15) is 0 Å². The second-order valence-corrected chi connectivity index (χ2v) is 6.17. The lowest BCUT2D eigenvalue weighted by Gasteiger charge is -2.26. The van der Waals surface area contributed by atoms with Gasteiger partial charge in [-0.25, -0.2) is 0 Å². The summed E-state index contributed by atoms with van der Waals surface area (Å²) in [4.78, 5) is 0. The number of ether oxygens (including phenoxy) is 2. The topological polar surface area (TPSA) is 30.5 Å². The summed E-state index contributed by atoms with van der Waals surface area (Å²) in [5.74, 6) is 0. The zero-order valence-corrected chi connectivity index (χ0v) is 12.2. The van der Waals surface area contributed by atoms with Gasteiger partial charge in [0.05, 0.1) is 19.8 Å². The number of benzene rings is 1. The van der Waals surface area contributed by atoms with Crippen molar-refractivity contribution >= 4 is 0 Å². The van der Waals surface area contributed by atoms with Gasteiger partial charge in [-0.05, 0) is 44.9 Å². The van der Waals surface area contributed by atoms with Crippen LogP contribution in [0.15, 0.2) is 24.3 Å². The van der Waals surface area contributed by atoms with Gasteiger partial charge >= 0.3 is 0 Å². The highest BCUT2D eigenvalue weighted by Crippen LogP contribution is 2.14. The molecule has 0 aliphatic carbocycles. The molecule has 3 nitrogen and oxygen atoms in total. The second-order valence-electron chi connectivity index (χ2n) is 6.17. The van der Waals surface area contributed by atoms with Crippen LogP contribution in [0.3, 0.4) is 0 Å². The first-order chi connectivity index (χ1) is 9.04. The van der Waals surface area contributed by atoms with Gasteiger partial charge in [-0.3, -0.25) is 0 Å². The second kappa shape index (κ2) is 6.51. The predicted octanol–water partition coefficient (Wildman–Crippen LogP) is 2.53. The van der Waals surface area contributed by atoms with E-state index in [0.717, 1.165) is 26.2 Å². The van der Waals surface area contributed by atoms with Gasteiger partial charge in [-0.2, -0.15) is 0 Å². The lowest BCUT2D eigenvalue weighted by atomic mass is 10.0. The molecular weight excluding hydrogens is 238 g/mol. The van der Waals surface area contributed by atoms with Crippen molar-refractivity contribution in [1.82, 2.24) is 5.32 Å². The maximum absolute atomic E-state index is 5.81. The van der Waals surface area contributed by atoms with Gasteiger partial charge in [-0.15, -0.1) is 0 Å². The molecule has 1 N–H and O–H groups in total. The normalized spacial score (nSPS) is 16.4. The summed E-state index contributed by atoms with van der Waals surface area (Å²) >= 11 is 0. The van der Waals surface area contributed by atoms with Gasteiger partial charge in [0.25, 0.3) is 0 Å². The molecule has 1 fully saturated rings. The van der Waals surface area contributed by atoms with E-state index in [4.69, 9.17) is 9.47 Å². The first-order valence-electron chi connectivity index (χ1n) is 7.06. The van der Waals surface area contributed by atoms with Crippen LogP contribution in [0.25, 0.3) is 0 Å². The van der Waals surface area contributed by atoms with Crippen LogP contribution in [0, 0.1) is 0 Å². The van der Waals surface area contributed by atoms with Crippen LogP contribution in [0.2, 0.25) is 0 Å². The molecule has 0 unspecified atom stereocenters. The summed E-state index contributed by atoms with van der Waals surface area (Å²) in [6.45, 7) is 9.75. The summed E-state index contributed by atoms with van der Waals surface area (Å²) in [6.07, 6.45) is 1.33. The number of rotatable bonds is 6. The van der Waals surface area contributed by atoms with Gasteiger partial charge in [0.1, 0.15) is 6.10 Å². The largest absolute Gasteiger partial charge is 0.376 e. The van der Waals surface area contributed by atoms with E-state index in [0.29, 0.717) is 12.7 Å². The SMILES string of the molecule is CC(C)(C)NCCc1ccccc1COC1COC1. The molecule has 2 rings (SSSR count). The molecule has 0 radical (unpaired) electrons. The number of nitrogens with one attached hydrogen (secondary N) is 1. The molecule has 106 valence electrons. The third kappa shape index (κ3) is 4.94. The Labute approximate surface area is 116 Å². The fraction of sp³-hybridized carbons (Fsp3) is 0.625. The Morgan fingerprint density at radius 2 is 1.89 bits per heavy atom. The summed E-state index contributed by atoms with van der Waals surface area (Å²) in [7, 11) is 0. The van der Waals surface area contributed by atoms with E-state index in [-0.39, 0.29) is 5.54 Å². The monoisotopic (exact) mass is 263 g/mol. The number of hydrogen-bond donors (Lipinski definition) is 1. The molecular formula is C16H25NO2. The van der Waals surface area contributed by atoms with Crippen LogP contribution >= 0.6 is 0 Å². The van der Waals surface area contributed by atoms with Crippen molar-refractivity contribution in [3.05, 3.63) is 35.4 Å². The Morgan fingerprint density at radius 3 is 2.47 bits per heavy atom. The Bertz CT molecular complexity index is 394. The van der Waals surface area contributed by atoms with Crippen LogP contribution in [0.4, 0.5) is 0 Å². The van der Waals surface area contributed by atoms with Crippen molar-refractivity contribution in [2.24, 2.45) is 0 Å². The summed E-state index contributed by atoms with van der Waals surface area (Å²) in [6, 6.07) is 8.53. The lowest BCUT2D eigenvalue weighted by molar-refractivity contribution is -0.135. The van der Waals surface area contributed by atoms with Crippen molar-refractivity contribution in [3.63, 3.8) is 0 Å². The van der Waals surface area contributed by atoms with Crippen LogP contribution < -0.4 is 5.32 Å². The third-order valence-electron chi connectivity index (χ3n) is 3.25. The standard InChI is InChI=1S/C16H25NO2/c1-16(2,3)17-9-8-13-6-4-5-7-14(13)10-19-15-11-18-12-15/h4-7,15,17H,8-12H2,1-3H3. The van der Waals surface area contributed by atoms with Crippen molar-refractivity contribution < 1.29 is 9.47 Å². The molecule has 19 heavy (non-hydrogen) atoms. The molecule has 1 aliphatic rings. The maximum atomic E-state index is 5.81. The third-order valence-corrected chi connectivity index (χ3v) is 3.25. The molecule has 0 bridgehead atoms. The molecule has 0 spiro atoms. The van der Waals surface area contributed by atoms with Crippen molar-refractivity contribution in [2.75, 3.05) is 19.8 Å². The molecule has 1 heterocycles. The van der Waals surface area contributed by atoms with Gasteiger partial charge in [0.15, 0.2) is 0 Å². The quantitative estimate of drug-likeness (QED) is 0.855. The van der Waals surface area contributed by atoms with E-state index in [2.05, 4.69) is 50.4 Å². The molecule has 3 heteroatoms. The minimum atomic E-state index is 0.175. The molecule has 0 atom stereocenters. The van der Waals surface area contributed by atoms with Crippen molar-refractivity contribution in [3.8, 4) is 0 Å². The Balaban J connectivity index is 1.84. The highest BCUT2D eigenvalue weighted by molar-refractivity contribution is 5.26. The van der Waals surface area contributed by atoms with Gasteiger partial charge in [-0.1, -0.05) is 24.3 Å². The first kappa shape index (κ1) is 14.5. The van der Waals surface area contributed by atoms with E-state index < -0.39 is 0 Å². The van der Waals surface area contributed by atoms with Crippen LogP contribution in [-0.2, 0) is 22.5 Å². The maximum Gasteiger partial charge on any atom is 0.105 e. The van der Waals surface area contributed by atoms with Crippen LogP contribution in [-0.4, -0.2) is 31.4 Å². The van der Waals surface area contributed by atoms with E-state index in [1.165, 1.54) is 11.1 Å². The van der Waals surface area contributed by atoms with Crippen molar-refractivity contribution in [1.29, 1.82) is 0 Å². The molecule has 0 saturated carbocycles. The Hall–Kier alpha value is -0.900. The van der Waals surface area contributed by atoms with Gasteiger partial charge in [0, 0.05) is 5.54 Å². The lowest BCUT2D eigenvalue weighted by Crippen LogP contribution is -2.37. The minimum Gasteiger partial charge on any atom is -0.376 e. The van der Waals surface area contributed by atoms with E-state index in [1.807, 2.05) is 0 Å². The summed E-state index contributed by atoms with van der Waals surface area (Å²) < 4.78 is 10.9. The highest BCUT2D eigenvalue weighted by Gasteiger charge is 2.19. The highest BCUT2D eigenvalue weighted by atomic mass is 16.6. The minimum absolute atomic E-state index is 0.175. The summed E-state index contributed by atoms with van der Waals surface area (Å²) in [5.41, 5.74) is 2.85. The van der Waals surface area contributed by atoms with Crippen LogP contribution in [0.1, 0.15) is 31.9 Å².